The summed E-state index contributed by atoms with van der Waals surface area (Å²) < 4.78 is 19.8. The molecular formula is C22H30ClFN4O. The topological polar surface area (TPSA) is 73.1 Å². The van der Waals surface area contributed by atoms with E-state index in [0.717, 1.165) is 0 Å². The van der Waals surface area contributed by atoms with Gasteiger partial charge in [-0.25, -0.2) is 14.4 Å². The highest BCUT2D eigenvalue weighted by atomic mass is 35.5. The van der Waals surface area contributed by atoms with E-state index in [9.17, 15) is 4.39 Å². The molecule has 2 aliphatic rings. The number of rotatable bonds is 4. The van der Waals surface area contributed by atoms with Crippen LogP contribution in [0, 0.1) is 0 Å². The second-order valence-electron chi connectivity index (χ2n) is 7.74. The minimum absolute atomic E-state index is 0.207. The summed E-state index contributed by atoms with van der Waals surface area (Å²) in [6.07, 6.45) is 11.3. The number of anilines is 2. The van der Waals surface area contributed by atoms with E-state index in [-0.39, 0.29) is 6.54 Å². The van der Waals surface area contributed by atoms with Crippen molar-refractivity contribution in [3.63, 3.8) is 0 Å². The molecule has 0 aromatic carbocycles. The van der Waals surface area contributed by atoms with Gasteiger partial charge in [-0.3, -0.25) is 0 Å². The number of hydrogen-bond acceptors (Lipinski definition) is 5. The summed E-state index contributed by atoms with van der Waals surface area (Å²) in [6.45, 7) is 1.12. The number of hydrogen-bond donors (Lipinski definition) is 2. The number of nitrogens with zero attached hydrogens (tertiary/aromatic N) is 2. The first-order valence-corrected chi connectivity index (χ1v) is 10.8. The van der Waals surface area contributed by atoms with Crippen LogP contribution in [-0.4, -0.2) is 35.4 Å². The zero-order chi connectivity index (χ0) is 20.5. The molecule has 0 unspecified atom stereocenters. The summed E-state index contributed by atoms with van der Waals surface area (Å²) in [5.74, 6) is 0.965. The Kier molecular flexibility index (Phi) is 8.07. The highest BCUT2D eigenvalue weighted by Gasteiger charge is 2.32. The Labute approximate surface area is 177 Å². The van der Waals surface area contributed by atoms with Gasteiger partial charge in [-0.1, -0.05) is 56.2 Å². The molecule has 3 heterocycles. The van der Waals surface area contributed by atoms with E-state index in [1.165, 1.54) is 44.7 Å². The van der Waals surface area contributed by atoms with Gasteiger partial charge in [0.2, 0.25) is 0 Å². The molecule has 1 saturated carbocycles. The number of nitrogens with one attached hydrogen (secondary N) is 1. The van der Waals surface area contributed by atoms with E-state index in [0.29, 0.717) is 54.0 Å². The lowest BCUT2D eigenvalue weighted by Gasteiger charge is -2.29. The summed E-state index contributed by atoms with van der Waals surface area (Å²) in [4.78, 5) is 8.42. The molecule has 0 bridgehead atoms. The Hall–Kier alpha value is -1.92. The largest absolute Gasteiger partial charge is 0.384 e. The Balaban J connectivity index is 0.000000343. The average Bonchev–Trinajstić information content (AvgIpc) is 2.76. The maximum Gasteiger partial charge on any atom is 0.132 e. The van der Waals surface area contributed by atoms with E-state index in [1.807, 2.05) is 12.1 Å². The molecule has 1 saturated heterocycles. The lowest BCUT2D eigenvalue weighted by atomic mass is 9.96. The number of ether oxygens (including phenoxy) is 1. The van der Waals surface area contributed by atoms with Gasteiger partial charge in [-0.15, -0.1) is 0 Å². The van der Waals surface area contributed by atoms with Crippen LogP contribution in [0.5, 0.6) is 0 Å². The summed E-state index contributed by atoms with van der Waals surface area (Å²) >= 11 is 6.15. The van der Waals surface area contributed by atoms with Gasteiger partial charge in [-0.05, 0) is 18.2 Å². The van der Waals surface area contributed by atoms with Crippen LogP contribution in [0.2, 0.25) is 5.02 Å². The van der Waals surface area contributed by atoms with Crippen LogP contribution in [0.1, 0.15) is 51.4 Å². The third-order valence-electron chi connectivity index (χ3n) is 5.38. The highest BCUT2D eigenvalue weighted by molar-refractivity contribution is 6.33. The van der Waals surface area contributed by atoms with E-state index < -0.39 is 5.67 Å². The van der Waals surface area contributed by atoms with E-state index in [1.54, 1.807) is 12.1 Å². The van der Waals surface area contributed by atoms with Gasteiger partial charge < -0.3 is 15.8 Å². The molecule has 0 atom stereocenters. The van der Waals surface area contributed by atoms with Gasteiger partial charge in [0.1, 0.15) is 17.3 Å². The van der Waals surface area contributed by atoms with E-state index >= 15 is 0 Å². The van der Waals surface area contributed by atoms with E-state index in [4.69, 9.17) is 22.1 Å². The average molecular weight is 421 g/mol. The predicted octanol–water partition coefficient (Wildman–Crippen LogP) is 5.65. The maximum absolute atomic E-state index is 14.6. The quantitative estimate of drug-likeness (QED) is 0.668. The van der Waals surface area contributed by atoms with Gasteiger partial charge in [0.05, 0.1) is 17.3 Å². The smallest absolute Gasteiger partial charge is 0.132 e. The molecule has 2 fully saturated rings. The molecule has 2 aromatic heterocycles. The van der Waals surface area contributed by atoms with Gasteiger partial charge >= 0.3 is 0 Å². The summed E-state index contributed by atoms with van der Waals surface area (Å²) in [6, 6.07) is 7.13. The van der Waals surface area contributed by atoms with Crippen molar-refractivity contribution in [1.82, 2.24) is 9.97 Å². The zero-order valence-electron chi connectivity index (χ0n) is 16.8. The molecule has 158 valence electrons. The molecule has 4 rings (SSSR count). The highest BCUT2D eigenvalue weighted by Crippen LogP contribution is 2.29. The van der Waals surface area contributed by atoms with Gasteiger partial charge in [-0.2, -0.15) is 0 Å². The standard InChI is InChI=1S/C16H18ClFN4O.C6H12/c17-12-9-20-14(19)8-11(12)13-2-1-3-15(22-13)21-10-16(18)4-6-23-7-5-16;1-2-4-6-5-3-1/h1-3,8-9H,4-7,10H2,(H2,19,20)(H,21,22);1-6H2. The Bertz CT molecular complexity index is 768. The second kappa shape index (κ2) is 10.7. The summed E-state index contributed by atoms with van der Waals surface area (Å²) in [7, 11) is 0. The molecular weight excluding hydrogens is 391 g/mol. The molecule has 0 amide bonds. The molecule has 29 heavy (non-hydrogen) atoms. The number of pyridine rings is 2. The first kappa shape index (κ1) is 21.8. The molecule has 3 N–H and O–H groups in total. The van der Waals surface area contributed by atoms with Gasteiger partial charge in [0.15, 0.2) is 0 Å². The number of alkyl halides is 1. The molecule has 0 spiro atoms. The van der Waals surface area contributed by atoms with Crippen LogP contribution in [0.25, 0.3) is 11.3 Å². The maximum atomic E-state index is 14.6. The summed E-state index contributed by atoms with van der Waals surface area (Å²) in [5.41, 5.74) is 5.81. The monoisotopic (exact) mass is 420 g/mol. The molecule has 7 heteroatoms. The fourth-order valence-corrected chi connectivity index (χ4v) is 3.76. The Morgan fingerprint density at radius 2 is 1.76 bits per heavy atom. The minimum Gasteiger partial charge on any atom is -0.384 e. The van der Waals surface area contributed by atoms with Crippen molar-refractivity contribution in [3.8, 4) is 11.3 Å². The Morgan fingerprint density at radius 1 is 1.10 bits per heavy atom. The van der Waals surface area contributed by atoms with Gasteiger partial charge in [0.25, 0.3) is 0 Å². The van der Waals surface area contributed by atoms with Crippen molar-refractivity contribution in [3.05, 3.63) is 35.5 Å². The van der Waals surface area contributed by atoms with Gasteiger partial charge in [0, 0.05) is 37.8 Å². The lowest BCUT2D eigenvalue weighted by Crippen LogP contribution is -2.38. The number of nitrogens with two attached hydrogens (primary N) is 1. The molecule has 1 aliphatic carbocycles. The second-order valence-corrected chi connectivity index (χ2v) is 8.14. The fraction of sp³-hybridized carbons (Fsp3) is 0.545. The van der Waals surface area contributed by atoms with Crippen LogP contribution in [-0.2, 0) is 4.74 Å². The van der Waals surface area contributed by atoms with Crippen LogP contribution in [0.4, 0.5) is 16.0 Å². The van der Waals surface area contributed by atoms with Crippen molar-refractivity contribution < 1.29 is 9.13 Å². The SMILES string of the molecule is C1CCCCC1.Nc1cc(-c2cccc(NCC3(F)CCOCC3)n2)c(Cl)cn1. The zero-order valence-corrected chi connectivity index (χ0v) is 17.6. The third-order valence-corrected chi connectivity index (χ3v) is 5.68. The van der Waals surface area contributed by atoms with Crippen molar-refractivity contribution in [2.24, 2.45) is 0 Å². The normalized spacial score (nSPS) is 18.4. The molecule has 5 nitrogen and oxygen atoms in total. The third kappa shape index (κ3) is 6.82. The number of nitrogen functional groups attached to an aromatic ring is 1. The molecule has 1 aliphatic heterocycles. The number of aromatic nitrogens is 2. The molecule has 0 radical (unpaired) electrons. The Morgan fingerprint density at radius 3 is 2.41 bits per heavy atom. The first-order valence-electron chi connectivity index (χ1n) is 10.4. The summed E-state index contributed by atoms with van der Waals surface area (Å²) in [5, 5.41) is 3.54. The van der Waals surface area contributed by atoms with Crippen molar-refractivity contribution in [2.75, 3.05) is 30.8 Å². The first-order chi connectivity index (χ1) is 14.1. The predicted molar refractivity (Wildman–Crippen MR) is 117 cm³/mol. The van der Waals surface area contributed by atoms with Crippen LogP contribution < -0.4 is 11.1 Å². The number of halogens is 2. The van der Waals surface area contributed by atoms with Crippen LogP contribution >= 0.6 is 11.6 Å². The van der Waals surface area contributed by atoms with Crippen molar-refractivity contribution in [1.29, 1.82) is 0 Å². The van der Waals surface area contributed by atoms with Crippen LogP contribution in [0.3, 0.4) is 0 Å². The molecule has 2 aromatic rings. The van der Waals surface area contributed by atoms with Crippen molar-refractivity contribution >= 4 is 23.2 Å². The van der Waals surface area contributed by atoms with E-state index in [2.05, 4.69) is 15.3 Å². The van der Waals surface area contributed by atoms with Crippen LogP contribution in [0.15, 0.2) is 30.5 Å². The van der Waals surface area contributed by atoms with Crippen molar-refractivity contribution in [2.45, 2.75) is 57.0 Å². The minimum atomic E-state index is -1.26. The fourth-order valence-electron chi connectivity index (χ4n) is 3.56. The lowest BCUT2D eigenvalue weighted by molar-refractivity contribution is -0.00119.